The van der Waals surface area contributed by atoms with Crippen LogP contribution in [0.25, 0.3) is 0 Å². The van der Waals surface area contributed by atoms with Crippen molar-refractivity contribution in [2.75, 3.05) is 6.26 Å². The quantitative estimate of drug-likeness (QED) is 0.725. The predicted molar refractivity (Wildman–Crippen MR) is 64.2 cm³/mol. The van der Waals surface area contributed by atoms with Gasteiger partial charge in [-0.05, 0) is 29.5 Å². The molecule has 6 heteroatoms. The van der Waals surface area contributed by atoms with Gasteiger partial charge in [0.2, 0.25) is 0 Å². The van der Waals surface area contributed by atoms with Crippen LogP contribution in [0.2, 0.25) is 0 Å². The lowest BCUT2D eigenvalue weighted by Gasteiger charge is -2.29. The Bertz CT molecular complexity index is 290. The molecule has 86 valence electrons. The third kappa shape index (κ3) is 2.84. The standard InChI is InChI=1S/C9H17ClN4S/c1-4-9(5-2,15-3)7-14-8(6-10)11-12-13-14/h4-7H2,1-3H3. The number of tetrazole rings is 1. The SMILES string of the molecule is CCC(CC)(Cn1nnnc1CCl)SC. The summed E-state index contributed by atoms with van der Waals surface area (Å²) in [5, 5.41) is 11.5. The number of alkyl halides is 1. The summed E-state index contributed by atoms with van der Waals surface area (Å²) in [6, 6.07) is 0. The molecular formula is C9H17ClN4S. The van der Waals surface area contributed by atoms with Gasteiger partial charge in [0, 0.05) is 4.75 Å². The molecule has 0 saturated carbocycles. The van der Waals surface area contributed by atoms with Crippen LogP contribution in [0.1, 0.15) is 32.5 Å². The van der Waals surface area contributed by atoms with Crippen LogP contribution in [-0.2, 0) is 12.4 Å². The molecule has 15 heavy (non-hydrogen) atoms. The maximum Gasteiger partial charge on any atom is 0.166 e. The Morgan fingerprint density at radius 2 is 2.07 bits per heavy atom. The number of halogens is 1. The Morgan fingerprint density at radius 1 is 1.40 bits per heavy atom. The van der Waals surface area contributed by atoms with Crippen LogP contribution in [0.4, 0.5) is 0 Å². The zero-order chi connectivity index (χ0) is 11.3. The highest BCUT2D eigenvalue weighted by molar-refractivity contribution is 8.00. The smallest absolute Gasteiger partial charge is 0.166 e. The van der Waals surface area contributed by atoms with Crippen molar-refractivity contribution in [3.05, 3.63) is 5.82 Å². The van der Waals surface area contributed by atoms with Gasteiger partial charge in [-0.25, -0.2) is 4.68 Å². The van der Waals surface area contributed by atoms with Gasteiger partial charge in [-0.15, -0.1) is 16.7 Å². The van der Waals surface area contributed by atoms with E-state index in [0.29, 0.717) is 5.88 Å². The van der Waals surface area contributed by atoms with E-state index >= 15 is 0 Å². The summed E-state index contributed by atoms with van der Waals surface area (Å²) >= 11 is 7.64. The van der Waals surface area contributed by atoms with E-state index in [-0.39, 0.29) is 4.75 Å². The Labute approximate surface area is 99.8 Å². The lowest BCUT2D eigenvalue weighted by atomic mass is 10.0. The minimum absolute atomic E-state index is 0.218. The second-order valence-corrected chi connectivity index (χ2v) is 5.02. The summed E-state index contributed by atoms with van der Waals surface area (Å²) in [7, 11) is 0. The molecule has 0 radical (unpaired) electrons. The minimum atomic E-state index is 0.218. The van der Waals surface area contributed by atoms with E-state index in [2.05, 4.69) is 35.6 Å². The molecule has 1 heterocycles. The summed E-state index contributed by atoms with van der Waals surface area (Å²) in [6.07, 6.45) is 4.34. The Hall–Kier alpha value is -0.290. The van der Waals surface area contributed by atoms with Gasteiger partial charge in [0.15, 0.2) is 5.82 Å². The second-order valence-electron chi connectivity index (χ2n) is 3.48. The van der Waals surface area contributed by atoms with Crippen LogP contribution < -0.4 is 0 Å². The fourth-order valence-electron chi connectivity index (χ4n) is 1.54. The molecule has 0 atom stereocenters. The van der Waals surface area contributed by atoms with Crippen LogP contribution in [0, 0.1) is 0 Å². The van der Waals surface area contributed by atoms with Gasteiger partial charge < -0.3 is 0 Å². The zero-order valence-electron chi connectivity index (χ0n) is 9.40. The molecule has 0 unspecified atom stereocenters. The van der Waals surface area contributed by atoms with Gasteiger partial charge >= 0.3 is 0 Å². The van der Waals surface area contributed by atoms with E-state index in [1.807, 2.05) is 16.4 Å². The molecule has 0 aromatic carbocycles. The summed E-state index contributed by atoms with van der Waals surface area (Å²) in [4.78, 5) is 0. The third-order valence-corrected chi connectivity index (χ3v) is 4.70. The van der Waals surface area contributed by atoms with Gasteiger partial charge in [-0.1, -0.05) is 13.8 Å². The topological polar surface area (TPSA) is 43.6 Å². The molecule has 0 bridgehead atoms. The number of aromatic nitrogens is 4. The molecular weight excluding hydrogens is 232 g/mol. The summed E-state index contributed by atoms with van der Waals surface area (Å²) in [5.41, 5.74) is 0. The molecule has 0 aliphatic rings. The van der Waals surface area contributed by atoms with Crippen LogP contribution in [0.3, 0.4) is 0 Å². The van der Waals surface area contributed by atoms with E-state index in [1.165, 1.54) is 0 Å². The average Bonchev–Trinajstić information content (AvgIpc) is 2.73. The fraction of sp³-hybridized carbons (Fsp3) is 0.889. The van der Waals surface area contributed by atoms with Crippen molar-refractivity contribution in [2.45, 2.75) is 43.9 Å². The van der Waals surface area contributed by atoms with E-state index in [0.717, 1.165) is 25.2 Å². The summed E-state index contributed by atoms with van der Waals surface area (Å²) in [5.74, 6) is 1.11. The third-order valence-electron chi connectivity index (χ3n) is 2.89. The van der Waals surface area contributed by atoms with Crippen molar-refractivity contribution in [1.29, 1.82) is 0 Å². The maximum absolute atomic E-state index is 5.76. The number of rotatable bonds is 6. The number of hydrogen-bond donors (Lipinski definition) is 0. The first-order chi connectivity index (χ1) is 7.21. The molecule has 0 aliphatic heterocycles. The number of nitrogens with zero attached hydrogens (tertiary/aromatic N) is 4. The zero-order valence-corrected chi connectivity index (χ0v) is 11.0. The highest BCUT2D eigenvalue weighted by Gasteiger charge is 2.27. The molecule has 0 aliphatic carbocycles. The molecule has 0 spiro atoms. The van der Waals surface area contributed by atoms with Crippen molar-refractivity contribution in [1.82, 2.24) is 20.2 Å². The van der Waals surface area contributed by atoms with Gasteiger partial charge in [0.1, 0.15) is 0 Å². The monoisotopic (exact) mass is 248 g/mol. The van der Waals surface area contributed by atoms with Gasteiger partial charge in [-0.2, -0.15) is 11.8 Å². The Balaban J connectivity index is 2.82. The summed E-state index contributed by atoms with van der Waals surface area (Å²) < 4.78 is 2.03. The highest BCUT2D eigenvalue weighted by Crippen LogP contribution is 2.32. The molecule has 0 saturated heterocycles. The Morgan fingerprint density at radius 3 is 2.53 bits per heavy atom. The molecule has 1 aromatic heterocycles. The molecule has 0 fully saturated rings. The van der Waals surface area contributed by atoms with E-state index in [4.69, 9.17) is 11.6 Å². The minimum Gasteiger partial charge on any atom is -0.227 e. The predicted octanol–water partition coefficient (Wildman–Crippen LogP) is 2.33. The summed E-state index contributed by atoms with van der Waals surface area (Å²) in [6.45, 7) is 5.23. The molecule has 1 aromatic rings. The molecule has 1 rings (SSSR count). The number of thioether (sulfide) groups is 1. The first-order valence-electron chi connectivity index (χ1n) is 5.07. The largest absolute Gasteiger partial charge is 0.227 e. The van der Waals surface area contributed by atoms with Crippen LogP contribution in [0.5, 0.6) is 0 Å². The van der Waals surface area contributed by atoms with E-state index in [9.17, 15) is 0 Å². The van der Waals surface area contributed by atoms with Crippen molar-refractivity contribution in [3.63, 3.8) is 0 Å². The van der Waals surface area contributed by atoms with Crippen molar-refractivity contribution < 1.29 is 0 Å². The van der Waals surface area contributed by atoms with E-state index < -0.39 is 0 Å². The van der Waals surface area contributed by atoms with Crippen LogP contribution >= 0.6 is 23.4 Å². The first-order valence-corrected chi connectivity index (χ1v) is 6.83. The Kier molecular flexibility index (Phi) is 4.86. The molecule has 4 nitrogen and oxygen atoms in total. The van der Waals surface area contributed by atoms with Gasteiger partial charge in [0.05, 0.1) is 12.4 Å². The molecule has 0 N–H and O–H groups in total. The average molecular weight is 249 g/mol. The van der Waals surface area contributed by atoms with Crippen LogP contribution in [0.15, 0.2) is 0 Å². The first kappa shape index (κ1) is 12.8. The lowest BCUT2D eigenvalue weighted by Crippen LogP contribution is -2.30. The van der Waals surface area contributed by atoms with Crippen molar-refractivity contribution in [3.8, 4) is 0 Å². The maximum atomic E-state index is 5.76. The highest BCUT2D eigenvalue weighted by atomic mass is 35.5. The van der Waals surface area contributed by atoms with Crippen molar-refractivity contribution >= 4 is 23.4 Å². The van der Waals surface area contributed by atoms with E-state index in [1.54, 1.807) is 0 Å². The normalized spacial score (nSPS) is 12.0. The van der Waals surface area contributed by atoms with Crippen LogP contribution in [-0.4, -0.2) is 31.2 Å². The second kappa shape index (κ2) is 5.70. The van der Waals surface area contributed by atoms with Gasteiger partial charge in [0.25, 0.3) is 0 Å². The fourth-order valence-corrected chi connectivity index (χ4v) is 2.56. The lowest BCUT2D eigenvalue weighted by molar-refractivity contribution is 0.425. The van der Waals surface area contributed by atoms with Gasteiger partial charge in [-0.3, -0.25) is 0 Å². The van der Waals surface area contributed by atoms with Crippen molar-refractivity contribution in [2.24, 2.45) is 0 Å². The number of hydrogen-bond acceptors (Lipinski definition) is 4. The molecule has 0 amide bonds.